The molecule has 0 rings (SSSR count). The van der Waals surface area contributed by atoms with Gasteiger partial charge in [0.1, 0.15) is 14.3 Å². The molecule has 0 amide bonds. The molecule has 0 saturated carbocycles. The first-order chi connectivity index (χ1) is 12.4. The van der Waals surface area contributed by atoms with Gasteiger partial charge in [0, 0.05) is 24.6 Å². The molecule has 0 aliphatic carbocycles. The highest BCUT2D eigenvalue weighted by Gasteiger charge is 2.22. The molecule has 0 atom stereocenters. The Hall–Kier alpha value is 0.200. The lowest BCUT2D eigenvalue weighted by atomic mass is 10.3. The molecular weight excluding hydrogens is 358 g/mol. The van der Waals surface area contributed by atoms with Crippen LogP contribution in [-0.2, 0) is 9.13 Å². The van der Waals surface area contributed by atoms with E-state index in [4.69, 9.17) is 0 Å². The molecule has 156 valence electrons. The maximum Gasteiger partial charge on any atom is 0.108 e. The molecule has 0 N–H and O–H groups in total. The van der Waals surface area contributed by atoms with Crippen molar-refractivity contribution < 1.29 is 9.13 Å². The van der Waals surface area contributed by atoms with Gasteiger partial charge < -0.3 is 9.13 Å². The van der Waals surface area contributed by atoms with Gasteiger partial charge in [-0.1, -0.05) is 79.1 Å². The van der Waals surface area contributed by atoms with E-state index in [1.807, 2.05) is 11.6 Å². The second-order valence-electron chi connectivity index (χ2n) is 7.93. The van der Waals surface area contributed by atoms with Crippen molar-refractivity contribution in [2.24, 2.45) is 0 Å². The van der Waals surface area contributed by atoms with Crippen LogP contribution in [0.3, 0.4) is 0 Å². The summed E-state index contributed by atoms with van der Waals surface area (Å²) in [5.41, 5.74) is 0. The molecule has 0 spiro atoms. The third-order valence-corrected chi connectivity index (χ3v) is 11.1. The fourth-order valence-electron chi connectivity index (χ4n) is 3.28. The van der Waals surface area contributed by atoms with Crippen LogP contribution in [0.15, 0.2) is 11.6 Å². The molecular formula is C22H46O2P2. The smallest absolute Gasteiger partial charge is 0.108 e. The van der Waals surface area contributed by atoms with Gasteiger partial charge in [-0.2, -0.15) is 0 Å². The molecule has 0 fully saturated rings. The molecule has 0 heterocycles. The fraction of sp³-hybridized carbons (Fsp3) is 0.909. The molecule has 4 heteroatoms. The van der Waals surface area contributed by atoms with Crippen LogP contribution in [0.2, 0.25) is 0 Å². The number of unbranched alkanes of at least 4 members (excludes halogenated alkanes) is 8. The molecule has 0 bridgehead atoms. The Morgan fingerprint density at radius 2 is 0.692 bits per heavy atom. The van der Waals surface area contributed by atoms with Crippen LogP contribution < -0.4 is 0 Å². The minimum Gasteiger partial charge on any atom is -0.319 e. The van der Waals surface area contributed by atoms with Gasteiger partial charge >= 0.3 is 0 Å². The standard InChI is InChI=1S/C22H46O2P2/c1-5-9-13-17-25(23,18-14-10-6-2)21-22-26(24,19-15-11-7-3)20-16-12-8-4/h21-22H,5-20H2,1-4H3. The SMILES string of the molecule is CCCCCP(=O)(C=CP(=O)(CCCCC)CCCCC)CCCCC. The Balaban J connectivity index is 5.07. The summed E-state index contributed by atoms with van der Waals surface area (Å²) < 4.78 is 26.9. The predicted octanol–water partition coefficient (Wildman–Crippen LogP) is 8.94. The predicted molar refractivity (Wildman–Crippen MR) is 122 cm³/mol. The second-order valence-corrected chi connectivity index (χ2v) is 14.1. The van der Waals surface area contributed by atoms with Gasteiger partial charge in [0.2, 0.25) is 0 Å². The molecule has 2 nitrogen and oxygen atoms in total. The molecule has 0 aromatic rings. The zero-order valence-electron chi connectivity index (χ0n) is 18.2. The second kappa shape index (κ2) is 16.2. The quantitative estimate of drug-likeness (QED) is 0.169. The molecule has 0 aliphatic rings. The van der Waals surface area contributed by atoms with Crippen LogP contribution >= 0.6 is 14.3 Å². The highest BCUT2D eigenvalue weighted by atomic mass is 31.2. The summed E-state index contributed by atoms with van der Waals surface area (Å²) in [5, 5.41) is 0. The van der Waals surface area contributed by atoms with Gasteiger partial charge in [-0.05, 0) is 37.3 Å². The van der Waals surface area contributed by atoms with Crippen molar-refractivity contribution in [3.8, 4) is 0 Å². The highest BCUT2D eigenvalue weighted by Crippen LogP contribution is 2.56. The van der Waals surface area contributed by atoms with E-state index in [2.05, 4.69) is 27.7 Å². The van der Waals surface area contributed by atoms with E-state index in [0.717, 1.165) is 102 Å². The molecule has 0 unspecified atom stereocenters. The van der Waals surface area contributed by atoms with E-state index in [0.29, 0.717) is 0 Å². The van der Waals surface area contributed by atoms with Gasteiger partial charge in [-0.25, -0.2) is 0 Å². The minimum absolute atomic E-state index is 0.810. The molecule has 26 heavy (non-hydrogen) atoms. The highest BCUT2D eigenvalue weighted by molar-refractivity contribution is 7.70. The summed E-state index contributed by atoms with van der Waals surface area (Å²) in [5.74, 6) is 3.91. The van der Waals surface area contributed by atoms with Crippen LogP contribution in [0.4, 0.5) is 0 Å². The molecule has 0 aromatic carbocycles. The van der Waals surface area contributed by atoms with Gasteiger partial charge in [0.05, 0.1) is 0 Å². The lowest BCUT2D eigenvalue weighted by molar-refractivity contribution is 0.571. The number of rotatable bonds is 18. The van der Waals surface area contributed by atoms with E-state index >= 15 is 0 Å². The monoisotopic (exact) mass is 404 g/mol. The first-order valence-electron chi connectivity index (χ1n) is 11.3. The Labute approximate surface area is 164 Å². The van der Waals surface area contributed by atoms with Crippen molar-refractivity contribution in [3.63, 3.8) is 0 Å². The van der Waals surface area contributed by atoms with Crippen LogP contribution in [-0.4, -0.2) is 24.6 Å². The van der Waals surface area contributed by atoms with Gasteiger partial charge in [0.15, 0.2) is 0 Å². The Kier molecular flexibility index (Phi) is 16.3. The van der Waals surface area contributed by atoms with E-state index in [1.165, 1.54) is 0 Å². The average molecular weight is 405 g/mol. The van der Waals surface area contributed by atoms with Crippen molar-refractivity contribution in [2.75, 3.05) is 24.6 Å². The lowest BCUT2D eigenvalue weighted by Gasteiger charge is -2.18. The first-order valence-corrected chi connectivity index (χ1v) is 15.6. The zero-order chi connectivity index (χ0) is 19.7. The Morgan fingerprint density at radius 3 is 0.885 bits per heavy atom. The average Bonchev–Trinajstić information content (AvgIpc) is 2.61. The van der Waals surface area contributed by atoms with Crippen molar-refractivity contribution in [1.82, 2.24) is 0 Å². The maximum absolute atomic E-state index is 13.5. The molecule has 0 radical (unpaired) electrons. The summed E-state index contributed by atoms with van der Waals surface area (Å²) in [6.07, 6.45) is 16.6. The summed E-state index contributed by atoms with van der Waals surface area (Å²) in [6.45, 7) is 8.75. The summed E-state index contributed by atoms with van der Waals surface area (Å²) in [7, 11) is -4.61. The Bertz CT molecular complexity index is 375. The largest absolute Gasteiger partial charge is 0.319 e. The van der Waals surface area contributed by atoms with Crippen molar-refractivity contribution >= 4 is 14.3 Å². The third-order valence-electron chi connectivity index (χ3n) is 5.17. The van der Waals surface area contributed by atoms with Crippen LogP contribution in [0.5, 0.6) is 0 Å². The lowest BCUT2D eigenvalue weighted by Crippen LogP contribution is -1.97. The number of hydrogen-bond acceptors (Lipinski definition) is 2. The fourth-order valence-corrected chi connectivity index (χ4v) is 9.31. The summed E-state index contributed by atoms with van der Waals surface area (Å²) in [4.78, 5) is 0. The van der Waals surface area contributed by atoms with E-state index in [1.54, 1.807) is 0 Å². The van der Waals surface area contributed by atoms with E-state index in [9.17, 15) is 9.13 Å². The number of hydrogen-bond donors (Lipinski definition) is 0. The first kappa shape index (κ1) is 26.2. The maximum atomic E-state index is 13.5. The third kappa shape index (κ3) is 13.4. The van der Waals surface area contributed by atoms with Crippen molar-refractivity contribution in [2.45, 2.75) is 105 Å². The summed E-state index contributed by atoms with van der Waals surface area (Å²) in [6, 6.07) is 0. The molecule has 0 aromatic heterocycles. The van der Waals surface area contributed by atoms with E-state index in [-0.39, 0.29) is 0 Å². The van der Waals surface area contributed by atoms with Crippen LogP contribution in [0.1, 0.15) is 105 Å². The van der Waals surface area contributed by atoms with Crippen molar-refractivity contribution in [3.05, 3.63) is 11.6 Å². The molecule has 0 saturated heterocycles. The summed E-state index contributed by atoms with van der Waals surface area (Å²) >= 11 is 0. The van der Waals surface area contributed by atoms with E-state index < -0.39 is 14.3 Å². The topological polar surface area (TPSA) is 34.1 Å². The van der Waals surface area contributed by atoms with Crippen LogP contribution in [0.25, 0.3) is 0 Å². The zero-order valence-corrected chi connectivity index (χ0v) is 20.0. The van der Waals surface area contributed by atoms with Crippen molar-refractivity contribution in [1.29, 1.82) is 0 Å². The Morgan fingerprint density at radius 1 is 0.462 bits per heavy atom. The van der Waals surface area contributed by atoms with Crippen LogP contribution in [0, 0.1) is 0 Å². The van der Waals surface area contributed by atoms with Gasteiger partial charge in [0.25, 0.3) is 0 Å². The van der Waals surface area contributed by atoms with Gasteiger partial charge in [-0.3, -0.25) is 0 Å². The minimum atomic E-state index is -2.31. The molecule has 0 aliphatic heterocycles. The van der Waals surface area contributed by atoms with Gasteiger partial charge in [-0.15, -0.1) is 0 Å². The normalized spacial score (nSPS) is 12.9.